The van der Waals surface area contributed by atoms with Crippen molar-refractivity contribution in [1.29, 1.82) is 0 Å². The van der Waals surface area contributed by atoms with Crippen LogP contribution in [0.2, 0.25) is 5.02 Å². The summed E-state index contributed by atoms with van der Waals surface area (Å²) >= 11 is 5.75. The molecule has 2 aromatic carbocycles. The summed E-state index contributed by atoms with van der Waals surface area (Å²) in [6.07, 6.45) is 0. The number of anilines is 1. The Morgan fingerprint density at radius 1 is 1.13 bits per heavy atom. The number of nitrogens with one attached hydrogen (secondary N) is 2. The van der Waals surface area contributed by atoms with E-state index in [1.807, 2.05) is 0 Å². The standard InChI is InChI=1S/C17H16ClFN2O2/c1-10(13-5-8-16(19)15(18)9-13)20-17(23)12-3-6-14(7-4-12)21-11(2)22/h3-10H,1-2H3,(H,20,23)(H,21,22). The lowest BCUT2D eigenvalue weighted by atomic mass is 10.1. The normalized spacial score (nSPS) is 11.7. The maximum atomic E-state index is 13.2. The first-order chi connectivity index (χ1) is 10.9. The monoisotopic (exact) mass is 334 g/mol. The summed E-state index contributed by atoms with van der Waals surface area (Å²) in [5.41, 5.74) is 1.78. The van der Waals surface area contributed by atoms with Gasteiger partial charge in [0.15, 0.2) is 0 Å². The number of hydrogen-bond acceptors (Lipinski definition) is 2. The SMILES string of the molecule is CC(=O)Nc1ccc(C(=O)NC(C)c2ccc(F)c(Cl)c2)cc1. The Balaban J connectivity index is 2.05. The van der Waals surface area contributed by atoms with E-state index in [1.165, 1.54) is 19.1 Å². The Hall–Kier alpha value is -2.40. The lowest BCUT2D eigenvalue weighted by Crippen LogP contribution is -2.26. The van der Waals surface area contributed by atoms with E-state index in [4.69, 9.17) is 11.6 Å². The van der Waals surface area contributed by atoms with Gasteiger partial charge in [0.05, 0.1) is 11.1 Å². The molecule has 0 heterocycles. The number of rotatable bonds is 4. The average molecular weight is 335 g/mol. The molecule has 23 heavy (non-hydrogen) atoms. The minimum atomic E-state index is -0.498. The molecule has 0 saturated carbocycles. The molecule has 2 amide bonds. The second kappa shape index (κ2) is 7.24. The Bertz CT molecular complexity index is 732. The Kier molecular flexibility index (Phi) is 5.34. The van der Waals surface area contributed by atoms with Gasteiger partial charge in [0, 0.05) is 18.2 Å². The van der Waals surface area contributed by atoms with Crippen LogP contribution in [0.5, 0.6) is 0 Å². The van der Waals surface area contributed by atoms with Gasteiger partial charge in [-0.05, 0) is 48.9 Å². The van der Waals surface area contributed by atoms with E-state index in [0.29, 0.717) is 16.8 Å². The first-order valence-corrected chi connectivity index (χ1v) is 7.38. The zero-order chi connectivity index (χ0) is 17.0. The highest BCUT2D eigenvalue weighted by atomic mass is 35.5. The maximum Gasteiger partial charge on any atom is 0.251 e. The predicted molar refractivity (Wildman–Crippen MR) is 88.0 cm³/mol. The molecule has 2 rings (SSSR count). The molecule has 0 aromatic heterocycles. The lowest BCUT2D eigenvalue weighted by molar-refractivity contribution is -0.114. The van der Waals surface area contributed by atoms with Crippen LogP contribution in [-0.2, 0) is 4.79 Å². The van der Waals surface area contributed by atoms with E-state index >= 15 is 0 Å². The van der Waals surface area contributed by atoms with Crippen LogP contribution in [0, 0.1) is 5.82 Å². The number of amides is 2. The van der Waals surface area contributed by atoms with Gasteiger partial charge in [-0.15, -0.1) is 0 Å². The predicted octanol–water partition coefficient (Wildman–Crippen LogP) is 3.93. The van der Waals surface area contributed by atoms with Crippen molar-refractivity contribution in [3.05, 3.63) is 64.4 Å². The first-order valence-electron chi connectivity index (χ1n) is 7.00. The van der Waals surface area contributed by atoms with Crippen molar-refractivity contribution in [2.24, 2.45) is 0 Å². The van der Waals surface area contributed by atoms with E-state index in [1.54, 1.807) is 37.3 Å². The van der Waals surface area contributed by atoms with Crippen LogP contribution >= 0.6 is 11.6 Å². The Morgan fingerprint density at radius 3 is 2.35 bits per heavy atom. The summed E-state index contributed by atoms with van der Waals surface area (Å²) in [4.78, 5) is 23.2. The molecule has 0 aliphatic rings. The van der Waals surface area contributed by atoms with Gasteiger partial charge in [-0.2, -0.15) is 0 Å². The largest absolute Gasteiger partial charge is 0.346 e. The fourth-order valence-electron chi connectivity index (χ4n) is 2.05. The van der Waals surface area contributed by atoms with Gasteiger partial charge in [0.25, 0.3) is 5.91 Å². The van der Waals surface area contributed by atoms with Crippen LogP contribution in [-0.4, -0.2) is 11.8 Å². The molecule has 120 valence electrons. The van der Waals surface area contributed by atoms with Crippen molar-refractivity contribution >= 4 is 29.1 Å². The van der Waals surface area contributed by atoms with Crippen LogP contribution in [0.4, 0.5) is 10.1 Å². The van der Waals surface area contributed by atoms with E-state index in [0.717, 1.165) is 0 Å². The molecule has 0 spiro atoms. The van der Waals surface area contributed by atoms with Crippen LogP contribution in [0.3, 0.4) is 0 Å². The minimum Gasteiger partial charge on any atom is -0.346 e. The molecule has 6 heteroatoms. The van der Waals surface area contributed by atoms with Crippen molar-refractivity contribution in [3.8, 4) is 0 Å². The summed E-state index contributed by atoms with van der Waals surface area (Å²) in [5.74, 6) is -0.946. The van der Waals surface area contributed by atoms with Gasteiger partial charge in [0.2, 0.25) is 5.91 Å². The molecule has 2 N–H and O–H groups in total. The van der Waals surface area contributed by atoms with Crippen LogP contribution < -0.4 is 10.6 Å². The molecule has 0 fully saturated rings. The van der Waals surface area contributed by atoms with Crippen molar-refractivity contribution in [2.75, 3.05) is 5.32 Å². The summed E-state index contributed by atoms with van der Waals surface area (Å²) in [7, 11) is 0. The smallest absolute Gasteiger partial charge is 0.251 e. The fourth-order valence-corrected chi connectivity index (χ4v) is 2.24. The van der Waals surface area contributed by atoms with Crippen molar-refractivity contribution in [1.82, 2.24) is 5.32 Å². The van der Waals surface area contributed by atoms with Crippen LogP contribution in [0.1, 0.15) is 35.8 Å². The second-order valence-corrected chi connectivity index (χ2v) is 5.53. The second-order valence-electron chi connectivity index (χ2n) is 5.13. The molecule has 0 aliphatic carbocycles. The third-order valence-corrected chi connectivity index (χ3v) is 3.55. The highest BCUT2D eigenvalue weighted by molar-refractivity contribution is 6.30. The highest BCUT2D eigenvalue weighted by Crippen LogP contribution is 2.21. The summed E-state index contributed by atoms with van der Waals surface area (Å²) in [6.45, 7) is 3.20. The zero-order valence-electron chi connectivity index (χ0n) is 12.7. The number of hydrogen-bond donors (Lipinski definition) is 2. The fraction of sp³-hybridized carbons (Fsp3) is 0.176. The third kappa shape index (κ3) is 4.53. The van der Waals surface area contributed by atoms with Gasteiger partial charge in [-0.1, -0.05) is 17.7 Å². The van der Waals surface area contributed by atoms with Crippen molar-refractivity contribution in [2.45, 2.75) is 19.9 Å². The molecule has 0 bridgehead atoms. The van der Waals surface area contributed by atoms with E-state index < -0.39 is 5.82 Å². The van der Waals surface area contributed by atoms with Crippen LogP contribution in [0.25, 0.3) is 0 Å². The molecule has 0 radical (unpaired) electrons. The lowest BCUT2D eigenvalue weighted by Gasteiger charge is -2.15. The van der Waals surface area contributed by atoms with Gasteiger partial charge < -0.3 is 10.6 Å². The number of carbonyl (C=O) groups is 2. The quantitative estimate of drug-likeness (QED) is 0.890. The van der Waals surface area contributed by atoms with Gasteiger partial charge in [-0.3, -0.25) is 9.59 Å². The summed E-state index contributed by atoms with van der Waals surface area (Å²) < 4.78 is 13.2. The average Bonchev–Trinajstić information content (AvgIpc) is 2.50. The molecular formula is C17H16ClFN2O2. The van der Waals surface area contributed by atoms with Gasteiger partial charge in [-0.25, -0.2) is 4.39 Å². The van der Waals surface area contributed by atoms with E-state index in [-0.39, 0.29) is 22.9 Å². The highest BCUT2D eigenvalue weighted by Gasteiger charge is 2.13. The summed E-state index contributed by atoms with van der Waals surface area (Å²) in [5, 5.41) is 5.46. The van der Waals surface area contributed by atoms with Crippen LogP contribution in [0.15, 0.2) is 42.5 Å². The number of halogens is 2. The molecule has 2 aromatic rings. The Labute approximate surface area is 138 Å². The summed E-state index contributed by atoms with van der Waals surface area (Å²) in [6, 6.07) is 10.5. The first kappa shape index (κ1) is 17.0. The third-order valence-electron chi connectivity index (χ3n) is 3.26. The number of carbonyl (C=O) groups excluding carboxylic acids is 2. The molecule has 1 unspecified atom stereocenters. The zero-order valence-corrected chi connectivity index (χ0v) is 13.4. The van der Waals surface area contributed by atoms with E-state index in [9.17, 15) is 14.0 Å². The molecule has 0 saturated heterocycles. The minimum absolute atomic E-state index is 0.0169. The topological polar surface area (TPSA) is 58.2 Å². The van der Waals surface area contributed by atoms with E-state index in [2.05, 4.69) is 10.6 Å². The molecule has 1 atom stereocenters. The van der Waals surface area contributed by atoms with Crippen molar-refractivity contribution < 1.29 is 14.0 Å². The van der Waals surface area contributed by atoms with Crippen molar-refractivity contribution in [3.63, 3.8) is 0 Å². The number of benzene rings is 2. The van der Waals surface area contributed by atoms with Gasteiger partial charge in [0.1, 0.15) is 5.82 Å². The van der Waals surface area contributed by atoms with Gasteiger partial charge >= 0.3 is 0 Å². The maximum absolute atomic E-state index is 13.2. The molecular weight excluding hydrogens is 319 g/mol. The molecule has 0 aliphatic heterocycles. The molecule has 4 nitrogen and oxygen atoms in total. The Morgan fingerprint density at radius 2 is 1.78 bits per heavy atom.